The average molecular weight is 558 g/mol. The Morgan fingerprint density at radius 2 is 1.41 bits per heavy atom. The minimum absolute atomic E-state index is 0.242. The summed E-state index contributed by atoms with van der Waals surface area (Å²) in [5, 5.41) is 5.92. The number of hydrogen-bond donors (Lipinski definition) is 2. The van der Waals surface area contributed by atoms with E-state index in [1.165, 1.54) is 0 Å². The smallest absolute Gasteiger partial charge is 0.408 e. The van der Waals surface area contributed by atoms with Gasteiger partial charge in [-0.15, -0.1) is 0 Å². The highest BCUT2D eigenvalue weighted by Crippen LogP contribution is 2.29. The van der Waals surface area contributed by atoms with Crippen LogP contribution in [0.15, 0.2) is 78.9 Å². The second-order valence-corrected chi connectivity index (χ2v) is 11.5. The highest BCUT2D eigenvalue weighted by Gasteiger charge is 2.38. The van der Waals surface area contributed by atoms with Gasteiger partial charge in [-0.05, 0) is 70.2 Å². The highest BCUT2D eigenvalue weighted by atomic mass is 16.6. The van der Waals surface area contributed by atoms with Crippen LogP contribution in [0.25, 0.3) is 0 Å². The van der Waals surface area contributed by atoms with Gasteiger partial charge in [-0.1, -0.05) is 85.8 Å². The van der Waals surface area contributed by atoms with E-state index < -0.39 is 23.8 Å². The van der Waals surface area contributed by atoms with E-state index in [0.717, 1.165) is 22.4 Å². The van der Waals surface area contributed by atoms with Crippen molar-refractivity contribution in [1.29, 1.82) is 0 Å². The van der Waals surface area contributed by atoms with Crippen LogP contribution in [0.5, 0.6) is 0 Å². The molecule has 7 heteroatoms. The molecule has 7 nitrogen and oxygen atoms in total. The van der Waals surface area contributed by atoms with Gasteiger partial charge in [0.25, 0.3) is 5.91 Å². The Morgan fingerprint density at radius 1 is 0.854 bits per heavy atom. The molecular formula is C34H43N3O4. The van der Waals surface area contributed by atoms with E-state index in [-0.39, 0.29) is 24.3 Å². The predicted octanol–water partition coefficient (Wildman–Crippen LogP) is 6.75. The highest BCUT2D eigenvalue weighted by molar-refractivity contribution is 6.00. The zero-order valence-electron chi connectivity index (χ0n) is 25.2. The molecule has 0 radical (unpaired) electrons. The van der Waals surface area contributed by atoms with E-state index in [4.69, 9.17) is 4.74 Å². The summed E-state index contributed by atoms with van der Waals surface area (Å²) in [4.78, 5) is 43.2. The van der Waals surface area contributed by atoms with Crippen molar-refractivity contribution in [2.24, 2.45) is 0 Å². The maximum atomic E-state index is 14.5. The number of benzene rings is 3. The third-order valence-corrected chi connectivity index (χ3v) is 6.96. The van der Waals surface area contributed by atoms with Crippen LogP contribution < -0.4 is 10.6 Å². The number of carbonyl (C=O) groups is 3. The first kappa shape index (κ1) is 31.4. The van der Waals surface area contributed by atoms with Gasteiger partial charge in [0.2, 0.25) is 5.91 Å². The summed E-state index contributed by atoms with van der Waals surface area (Å²) in [6.07, 6.45) is 0.161. The molecule has 3 rings (SSSR count). The SMILES string of the molecule is CCC(C)N(C(=O)C(Cc1ccccc1)NC(=O)OC(C)(C)C)C(C(=O)Nc1c(C)cccc1C)c1ccccc1. The number of amides is 3. The summed E-state index contributed by atoms with van der Waals surface area (Å²) in [7, 11) is 0. The first-order valence-electron chi connectivity index (χ1n) is 14.2. The van der Waals surface area contributed by atoms with Crippen LogP contribution in [0.1, 0.15) is 69.3 Å². The van der Waals surface area contributed by atoms with Crippen LogP contribution in [-0.2, 0) is 20.7 Å². The quantitative estimate of drug-likeness (QED) is 0.289. The Hall–Kier alpha value is -4.13. The number of ether oxygens (including phenoxy) is 1. The van der Waals surface area contributed by atoms with Crippen molar-refractivity contribution in [1.82, 2.24) is 10.2 Å². The van der Waals surface area contributed by atoms with Gasteiger partial charge in [-0.2, -0.15) is 0 Å². The zero-order valence-corrected chi connectivity index (χ0v) is 25.2. The molecule has 0 aliphatic carbocycles. The lowest BCUT2D eigenvalue weighted by Gasteiger charge is -2.38. The molecule has 0 aromatic heterocycles. The van der Waals surface area contributed by atoms with Crippen LogP contribution in [-0.4, -0.2) is 40.5 Å². The van der Waals surface area contributed by atoms with Gasteiger partial charge in [0.15, 0.2) is 0 Å². The predicted molar refractivity (Wildman–Crippen MR) is 164 cm³/mol. The van der Waals surface area contributed by atoms with Gasteiger partial charge in [-0.25, -0.2) is 4.79 Å². The Morgan fingerprint density at radius 3 is 1.95 bits per heavy atom. The zero-order chi connectivity index (χ0) is 30.2. The minimum Gasteiger partial charge on any atom is -0.444 e. The lowest BCUT2D eigenvalue weighted by atomic mass is 9.97. The molecule has 3 unspecified atom stereocenters. The maximum absolute atomic E-state index is 14.5. The fourth-order valence-corrected chi connectivity index (χ4v) is 4.75. The summed E-state index contributed by atoms with van der Waals surface area (Å²) in [5.74, 6) is -0.683. The number of hydrogen-bond acceptors (Lipinski definition) is 4. The van der Waals surface area contributed by atoms with E-state index >= 15 is 0 Å². The Kier molecular flexibility index (Phi) is 10.7. The number of para-hydroxylation sites is 1. The first-order valence-corrected chi connectivity index (χ1v) is 14.2. The number of alkyl carbamates (subject to hydrolysis) is 1. The molecule has 0 bridgehead atoms. The summed E-state index contributed by atoms with van der Waals surface area (Å²) in [6, 6.07) is 22.4. The van der Waals surface area contributed by atoms with Crippen molar-refractivity contribution in [3.05, 3.63) is 101 Å². The molecule has 3 amide bonds. The van der Waals surface area contributed by atoms with E-state index in [1.807, 2.05) is 107 Å². The molecule has 218 valence electrons. The van der Waals surface area contributed by atoms with Crippen LogP contribution in [0.2, 0.25) is 0 Å². The standard InChI is InChI=1S/C34H43N3O4/c1-8-25(4)37(32(39)28(22-26-18-11-9-12-19-26)35-33(40)41-34(5,6)7)30(27-20-13-10-14-21-27)31(38)36-29-23(2)16-15-17-24(29)3/h9-21,25,28,30H,8,22H2,1-7H3,(H,35,40)(H,36,38). The fraction of sp³-hybridized carbons (Fsp3) is 0.382. The molecule has 2 N–H and O–H groups in total. The normalized spacial score (nSPS) is 13.4. The van der Waals surface area contributed by atoms with Crippen LogP contribution in [0.4, 0.5) is 10.5 Å². The molecule has 3 aromatic carbocycles. The van der Waals surface area contributed by atoms with Crippen LogP contribution in [0, 0.1) is 13.8 Å². The third kappa shape index (κ3) is 8.68. The largest absolute Gasteiger partial charge is 0.444 e. The number of rotatable bonds is 10. The van der Waals surface area contributed by atoms with E-state index in [9.17, 15) is 14.4 Å². The van der Waals surface area contributed by atoms with Crippen molar-refractivity contribution in [3.63, 3.8) is 0 Å². The molecule has 0 spiro atoms. The summed E-state index contributed by atoms with van der Waals surface area (Å²) < 4.78 is 5.52. The second kappa shape index (κ2) is 14.0. The number of nitrogens with zero attached hydrogens (tertiary/aromatic N) is 1. The Bertz CT molecular complexity index is 1300. The molecule has 0 saturated heterocycles. The van der Waals surface area contributed by atoms with Gasteiger partial charge in [0.1, 0.15) is 17.7 Å². The van der Waals surface area contributed by atoms with Gasteiger partial charge < -0.3 is 20.3 Å². The molecule has 3 aromatic rings. The number of aryl methyl sites for hydroxylation is 2. The summed E-state index contributed by atoms with van der Waals surface area (Å²) in [5.41, 5.74) is 3.41. The van der Waals surface area contributed by atoms with Crippen molar-refractivity contribution in [2.45, 2.75) is 85.0 Å². The molecule has 3 atom stereocenters. The minimum atomic E-state index is -0.958. The van der Waals surface area contributed by atoms with E-state index in [0.29, 0.717) is 12.0 Å². The maximum Gasteiger partial charge on any atom is 0.408 e. The second-order valence-electron chi connectivity index (χ2n) is 11.5. The van der Waals surface area contributed by atoms with Crippen molar-refractivity contribution in [3.8, 4) is 0 Å². The number of carbonyl (C=O) groups excluding carboxylic acids is 3. The van der Waals surface area contributed by atoms with Crippen molar-refractivity contribution in [2.75, 3.05) is 5.32 Å². The summed E-state index contributed by atoms with van der Waals surface area (Å²) in [6.45, 7) is 13.1. The third-order valence-electron chi connectivity index (χ3n) is 6.96. The molecule has 0 aliphatic rings. The number of nitrogens with one attached hydrogen (secondary N) is 2. The molecule has 0 fully saturated rings. The molecule has 41 heavy (non-hydrogen) atoms. The van der Waals surface area contributed by atoms with Crippen LogP contribution in [0.3, 0.4) is 0 Å². The molecule has 0 heterocycles. The topological polar surface area (TPSA) is 87.7 Å². The lowest BCUT2D eigenvalue weighted by Crippen LogP contribution is -2.55. The molecule has 0 aliphatic heterocycles. The van der Waals surface area contributed by atoms with Crippen LogP contribution >= 0.6 is 0 Å². The van der Waals surface area contributed by atoms with E-state index in [2.05, 4.69) is 10.6 Å². The average Bonchev–Trinajstić information content (AvgIpc) is 2.92. The van der Waals surface area contributed by atoms with Gasteiger partial charge >= 0.3 is 6.09 Å². The van der Waals surface area contributed by atoms with Gasteiger partial charge in [0, 0.05) is 18.2 Å². The Balaban J connectivity index is 2.08. The number of anilines is 1. The Labute approximate surface area is 244 Å². The first-order chi connectivity index (χ1) is 19.4. The van der Waals surface area contributed by atoms with Crippen molar-refractivity contribution >= 4 is 23.6 Å². The van der Waals surface area contributed by atoms with E-state index in [1.54, 1.807) is 25.7 Å². The van der Waals surface area contributed by atoms with Crippen molar-refractivity contribution < 1.29 is 19.1 Å². The lowest BCUT2D eigenvalue weighted by molar-refractivity contribution is -0.143. The monoisotopic (exact) mass is 557 g/mol. The fourth-order valence-electron chi connectivity index (χ4n) is 4.75. The summed E-state index contributed by atoms with van der Waals surface area (Å²) >= 11 is 0. The molecule has 0 saturated carbocycles. The molecular weight excluding hydrogens is 514 g/mol. The van der Waals surface area contributed by atoms with Gasteiger partial charge in [-0.3, -0.25) is 9.59 Å². The van der Waals surface area contributed by atoms with Gasteiger partial charge in [0.05, 0.1) is 0 Å².